The summed E-state index contributed by atoms with van der Waals surface area (Å²) in [5.41, 5.74) is 0. The molecule has 3 heteroatoms. The van der Waals surface area contributed by atoms with Crippen LogP contribution in [0.4, 0.5) is 0 Å². The average Bonchev–Trinajstić information content (AvgIpc) is 2.15. The normalized spacial score (nSPS) is 24.9. The second kappa shape index (κ2) is 6.63. The topological polar surface area (TPSA) is 15.3 Å². The van der Waals surface area contributed by atoms with Crippen molar-refractivity contribution in [2.75, 3.05) is 32.6 Å². The fourth-order valence-electron chi connectivity index (χ4n) is 1.97. The van der Waals surface area contributed by atoms with Crippen LogP contribution in [0, 0.1) is 0 Å². The molecule has 0 bridgehead atoms. The minimum absolute atomic E-state index is 0.723. The Labute approximate surface area is 86.6 Å². The molecule has 0 amide bonds. The molecular weight excluding hydrogens is 184 g/mol. The highest BCUT2D eigenvalue weighted by Crippen LogP contribution is 2.16. The van der Waals surface area contributed by atoms with Crippen LogP contribution in [0.3, 0.4) is 0 Å². The van der Waals surface area contributed by atoms with E-state index < -0.39 is 0 Å². The van der Waals surface area contributed by atoms with Crippen molar-refractivity contribution in [3.63, 3.8) is 0 Å². The zero-order valence-electron chi connectivity index (χ0n) is 8.56. The lowest BCUT2D eigenvalue weighted by atomic mass is 10.0. The third-order valence-corrected chi connectivity index (χ3v) is 3.04. The molecule has 1 unspecified atom stereocenters. The van der Waals surface area contributed by atoms with Crippen molar-refractivity contribution in [3.8, 4) is 0 Å². The van der Waals surface area contributed by atoms with Crippen molar-refractivity contribution in [1.29, 1.82) is 0 Å². The van der Waals surface area contributed by atoms with Crippen LogP contribution < -0.4 is 5.32 Å². The molecule has 1 fully saturated rings. The molecule has 0 aromatic heterocycles. The molecule has 1 rings (SSSR count). The summed E-state index contributed by atoms with van der Waals surface area (Å²) in [6.45, 7) is 3.33. The molecule has 1 saturated heterocycles. The van der Waals surface area contributed by atoms with Crippen molar-refractivity contribution in [2.24, 2.45) is 0 Å². The van der Waals surface area contributed by atoms with Crippen LogP contribution in [0.1, 0.15) is 25.7 Å². The minimum Gasteiger partial charge on any atom is -0.315 e. The second-order valence-electron chi connectivity index (χ2n) is 3.86. The average molecular weight is 205 g/mol. The van der Waals surface area contributed by atoms with Gasteiger partial charge in [0.15, 0.2) is 0 Å². The predicted molar refractivity (Wildman–Crippen MR) is 58.5 cm³/mol. The summed E-state index contributed by atoms with van der Waals surface area (Å²) in [5, 5.41) is 3.34. The first-order valence-corrected chi connectivity index (χ1v) is 5.85. The molecule has 13 heavy (non-hydrogen) atoms. The summed E-state index contributed by atoms with van der Waals surface area (Å²) in [4.78, 5) is 2.49. The van der Waals surface area contributed by atoms with E-state index in [1.54, 1.807) is 0 Å². The number of nitrogens with one attached hydrogen (secondary N) is 1. The van der Waals surface area contributed by atoms with Crippen LogP contribution in [0.5, 0.6) is 0 Å². The van der Waals surface area contributed by atoms with E-state index in [2.05, 4.69) is 17.3 Å². The molecule has 0 aromatic rings. The highest BCUT2D eigenvalue weighted by Gasteiger charge is 2.17. The summed E-state index contributed by atoms with van der Waals surface area (Å²) >= 11 is 5.58. The Morgan fingerprint density at radius 1 is 1.38 bits per heavy atom. The van der Waals surface area contributed by atoms with Crippen LogP contribution in [0.15, 0.2) is 0 Å². The highest BCUT2D eigenvalue weighted by molar-refractivity contribution is 6.18. The number of hydrogen-bond donors (Lipinski definition) is 1. The molecule has 1 heterocycles. The standard InChI is InChI=1S/C10H21ClN2/c1-13-9-3-2-4-10(13)5-7-12-8-6-11/h10,12H,2-9H2,1H3. The summed E-state index contributed by atoms with van der Waals surface area (Å²) in [6, 6.07) is 0.802. The van der Waals surface area contributed by atoms with E-state index >= 15 is 0 Å². The molecular formula is C10H21ClN2. The quantitative estimate of drug-likeness (QED) is 0.542. The van der Waals surface area contributed by atoms with Gasteiger partial charge in [-0.3, -0.25) is 0 Å². The number of rotatable bonds is 5. The molecule has 1 atom stereocenters. The highest BCUT2D eigenvalue weighted by atomic mass is 35.5. The lowest BCUT2D eigenvalue weighted by Gasteiger charge is -2.32. The molecule has 78 valence electrons. The zero-order valence-corrected chi connectivity index (χ0v) is 9.32. The number of halogens is 1. The van der Waals surface area contributed by atoms with Gasteiger partial charge < -0.3 is 10.2 Å². The Morgan fingerprint density at radius 2 is 2.23 bits per heavy atom. The van der Waals surface area contributed by atoms with E-state index in [-0.39, 0.29) is 0 Å². The van der Waals surface area contributed by atoms with Crippen LogP contribution in [-0.4, -0.2) is 43.5 Å². The summed E-state index contributed by atoms with van der Waals surface area (Å²) in [7, 11) is 2.24. The van der Waals surface area contributed by atoms with Gasteiger partial charge in [0.1, 0.15) is 0 Å². The molecule has 1 aliphatic heterocycles. The smallest absolute Gasteiger partial charge is 0.0348 e. The van der Waals surface area contributed by atoms with Gasteiger partial charge in [0.05, 0.1) is 0 Å². The molecule has 0 aromatic carbocycles. The monoisotopic (exact) mass is 204 g/mol. The van der Waals surface area contributed by atoms with Gasteiger partial charge in [-0.1, -0.05) is 6.42 Å². The van der Waals surface area contributed by atoms with Gasteiger partial charge in [-0.05, 0) is 39.4 Å². The SMILES string of the molecule is CN1CCCCC1CCNCCCl. The Morgan fingerprint density at radius 3 is 2.92 bits per heavy atom. The van der Waals surface area contributed by atoms with E-state index in [9.17, 15) is 0 Å². The maximum atomic E-state index is 5.58. The van der Waals surface area contributed by atoms with Gasteiger partial charge in [0.2, 0.25) is 0 Å². The summed E-state index contributed by atoms with van der Waals surface area (Å²) in [6.07, 6.45) is 5.43. The Kier molecular flexibility index (Phi) is 5.76. The summed E-state index contributed by atoms with van der Waals surface area (Å²) < 4.78 is 0. The molecule has 1 N–H and O–H groups in total. The first-order valence-electron chi connectivity index (χ1n) is 5.31. The van der Waals surface area contributed by atoms with E-state index in [0.717, 1.165) is 25.0 Å². The number of alkyl halides is 1. The Bertz CT molecular complexity index is 130. The molecule has 0 saturated carbocycles. The van der Waals surface area contributed by atoms with E-state index in [4.69, 9.17) is 11.6 Å². The number of hydrogen-bond acceptors (Lipinski definition) is 2. The third-order valence-electron chi connectivity index (χ3n) is 2.85. The van der Waals surface area contributed by atoms with Crippen molar-refractivity contribution >= 4 is 11.6 Å². The van der Waals surface area contributed by atoms with Crippen molar-refractivity contribution in [2.45, 2.75) is 31.7 Å². The van der Waals surface area contributed by atoms with Gasteiger partial charge in [-0.15, -0.1) is 11.6 Å². The minimum atomic E-state index is 0.723. The van der Waals surface area contributed by atoms with Crippen molar-refractivity contribution in [1.82, 2.24) is 10.2 Å². The zero-order chi connectivity index (χ0) is 9.52. The largest absolute Gasteiger partial charge is 0.315 e. The van der Waals surface area contributed by atoms with Crippen LogP contribution in [-0.2, 0) is 0 Å². The van der Waals surface area contributed by atoms with Gasteiger partial charge in [0, 0.05) is 18.5 Å². The van der Waals surface area contributed by atoms with Crippen LogP contribution in [0.2, 0.25) is 0 Å². The maximum absolute atomic E-state index is 5.58. The van der Waals surface area contributed by atoms with Gasteiger partial charge in [-0.25, -0.2) is 0 Å². The maximum Gasteiger partial charge on any atom is 0.0348 e. The first-order chi connectivity index (χ1) is 6.34. The molecule has 0 spiro atoms. The van der Waals surface area contributed by atoms with Gasteiger partial charge >= 0.3 is 0 Å². The molecule has 0 aliphatic carbocycles. The Hall–Kier alpha value is 0.210. The predicted octanol–water partition coefficient (Wildman–Crippen LogP) is 1.69. The lowest BCUT2D eigenvalue weighted by Crippen LogP contribution is -2.38. The van der Waals surface area contributed by atoms with Gasteiger partial charge in [-0.2, -0.15) is 0 Å². The van der Waals surface area contributed by atoms with E-state index in [1.165, 1.54) is 32.2 Å². The van der Waals surface area contributed by atoms with Crippen molar-refractivity contribution in [3.05, 3.63) is 0 Å². The number of likely N-dealkylation sites (tertiary alicyclic amines) is 1. The van der Waals surface area contributed by atoms with E-state index in [0.29, 0.717) is 0 Å². The second-order valence-corrected chi connectivity index (χ2v) is 4.24. The van der Waals surface area contributed by atoms with Crippen molar-refractivity contribution < 1.29 is 0 Å². The number of piperidine rings is 1. The summed E-state index contributed by atoms with van der Waals surface area (Å²) in [5.74, 6) is 0.723. The fraction of sp³-hybridized carbons (Fsp3) is 1.00. The third kappa shape index (κ3) is 4.30. The number of nitrogens with zero attached hydrogens (tertiary/aromatic N) is 1. The lowest BCUT2D eigenvalue weighted by molar-refractivity contribution is 0.176. The van der Waals surface area contributed by atoms with Crippen LogP contribution >= 0.6 is 11.6 Å². The molecule has 1 aliphatic rings. The fourth-order valence-corrected chi connectivity index (χ4v) is 2.10. The molecule has 0 radical (unpaired) electrons. The van der Waals surface area contributed by atoms with Gasteiger partial charge in [0.25, 0.3) is 0 Å². The first kappa shape index (κ1) is 11.3. The van der Waals surface area contributed by atoms with E-state index in [1.807, 2.05) is 0 Å². The Balaban J connectivity index is 2.05. The molecule has 2 nitrogen and oxygen atoms in total. The van der Waals surface area contributed by atoms with Crippen LogP contribution in [0.25, 0.3) is 0 Å².